The normalized spacial score (nSPS) is 23.7. The third-order valence-corrected chi connectivity index (χ3v) is 2.99. The molecule has 12 heteroatoms. The molecule has 0 radical (unpaired) electrons. The second-order valence-electron chi connectivity index (χ2n) is 4.79. The zero-order valence-electron chi connectivity index (χ0n) is 12.4. The summed E-state index contributed by atoms with van der Waals surface area (Å²) < 4.78 is 4.32. The van der Waals surface area contributed by atoms with Gasteiger partial charge >= 0.3 is 5.97 Å². The van der Waals surface area contributed by atoms with E-state index in [1.54, 1.807) is 0 Å². The Balaban J connectivity index is 0.000000441. The summed E-state index contributed by atoms with van der Waals surface area (Å²) in [6.07, 6.45) is -9.17. The number of ether oxygens (including phenoxy) is 1. The van der Waals surface area contributed by atoms with Crippen molar-refractivity contribution in [3.63, 3.8) is 0 Å². The van der Waals surface area contributed by atoms with Crippen molar-refractivity contribution in [3.05, 3.63) is 11.5 Å². The molecule has 0 saturated carbocycles. The lowest BCUT2D eigenvalue weighted by Crippen LogP contribution is -2.46. The maximum Gasteiger partial charge on any atom is 0.377 e. The van der Waals surface area contributed by atoms with Crippen molar-refractivity contribution in [2.45, 2.75) is 36.6 Å². The minimum absolute atomic E-state index is 0.671. The Morgan fingerprint density at radius 1 is 0.833 bits per heavy atom. The van der Waals surface area contributed by atoms with Gasteiger partial charge in [0.2, 0.25) is 5.76 Å². The molecule has 0 saturated heterocycles. The molecule has 10 N–H and O–H groups in total. The van der Waals surface area contributed by atoms with Crippen LogP contribution in [-0.2, 0) is 9.53 Å². The first-order valence-electron chi connectivity index (χ1n) is 6.68. The highest BCUT2D eigenvalue weighted by Crippen LogP contribution is 2.20. The van der Waals surface area contributed by atoms with Crippen LogP contribution in [0.25, 0.3) is 0 Å². The van der Waals surface area contributed by atoms with Crippen LogP contribution in [-0.4, -0.2) is 113 Å². The largest absolute Gasteiger partial charge is 0.505 e. The molecule has 0 fully saturated rings. The van der Waals surface area contributed by atoms with Gasteiger partial charge in [-0.25, -0.2) is 4.79 Å². The van der Waals surface area contributed by atoms with E-state index in [1.807, 2.05) is 0 Å². The SMILES string of the molecule is O=C1O[C@H]([C@@H](O)CO)C(O)=C1O.OC[C@@H](O)[C@@H](O)[C@H](O)[C@H](O)CO. The Kier molecular flexibility index (Phi) is 9.72. The van der Waals surface area contributed by atoms with Gasteiger partial charge in [0.15, 0.2) is 11.9 Å². The number of hydrogen-bond acceptors (Lipinski definition) is 12. The fourth-order valence-electron chi connectivity index (χ4n) is 1.49. The third kappa shape index (κ3) is 5.85. The highest BCUT2D eigenvalue weighted by atomic mass is 16.6. The molecule has 0 aliphatic carbocycles. The van der Waals surface area contributed by atoms with Gasteiger partial charge in [-0.1, -0.05) is 0 Å². The molecule has 0 unspecified atom stereocenters. The van der Waals surface area contributed by atoms with Gasteiger partial charge in [0.1, 0.15) is 30.5 Å². The van der Waals surface area contributed by atoms with Gasteiger partial charge in [0, 0.05) is 0 Å². The topological polar surface area (TPSA) is 229 Å². The molecule has 1 rings (SSSR count). The maximum atomic E-state index is 10.5. The molecule has 0 spiro atoms. The average Bonchev–Trinajstić information content (AvgIpc) is 2.86. The van der Waals surface area contributed by atoms with E-state index in [4.69, 9.17) is 51.1 Å². The van der Waals surface area contributed by atoms with Crippen LogP contribution in [0.4, 0.5) is 0 Å². The molecule has 12 nitrogen and oxygen atoms in total. The van der Waals surface area contributed by atoms with E-state index in [-0.39, 0.29) is 0 Å². The van der Waals surface area contributed by atoms with E-state index in [1.165, 1.54) is 0 Å². The quantitative estimate of drug-likeness (QED) is 0.193. The summed E-state index contributed by atoms with van der Waals surface area (Å²) in [5.74, 6) is -2.78. The Morgan fingerprint density at radius 2 is 1.25 bits per heavy atom. The van der Waals surface area contributed by atoms with Crippen molar-refractivity contribution >= 4 is 5.97 Å². The number of esters is 1. The smallest absolute Gasteiger partial charge is 0.377 e. The first-order chi connectivity index (χ1) is 11.1. The molecule has 0 bridgehead atoms. The third-order valence-electron chi connectivity index (χ3n) is 2.99. The molecule has 24 heavy (non-hydrogen) atoms. The Morgan fingerprint density at radius 3 is 1.50 bits per heavy atom. The monoisotopic (exact) mass is 358 g/mol. The van der Waals surface area contributed by atoms with Crippen LogP contribution in [0.5, 0.6) is 0 Å². The van der Waals surface area contributed by atoms with Gasteiger partial charge in [-0.3, -0.25) is 0 Å². The lowest BCUT2D eigenvalue weighted by atomic mass is 10.0. The van der Waals surface area contributed by atoms with Crippen LogP contribution < -0.4 is 0 Å². The van der Waals surface area contributed by atoms with Gasteiger partial charge < -0.3 is 55.8 Å². The summed E-state index contributed by atoms with van der Waals surface area (Å²) in [4.78, 5) is 10.5. The van der Waals surface area contributed by atoms with Gasteiger partial charge in [-0.15, -0.1) is 0 Å². The van der Waals surface area contributed by atoms with Crippen LogP contribution in [0.1, 0.15) is 0 Å². The number of cyclic esters (lactones) is 1. The second-order valence-corrected chi connectivity index (χ2v) is 4.79. The standard InChI is InChI=1S/C6H8O6.C6H14O6/c7-1-2(8)5-3(9)4(10)6(11)12-5;7-1-3(9)5(11)6(12)4(10)2-8/h2,5,7-10H,1H2;3-12H,1-2H2/t2-,5+;3-,4-,5-,6-/m01/s1. The summed E-state index contributed by atoms with van der Waals surface area (Å²) in [6, 6.07) is 0. The fourth-order valence-corrected chi connectivity index (χ4v) is 1.49. The summed E-state index contributed by atoms with van der Waals surface area (Å²) >= 11 is 0. The van der Waals surface area contributed by atoms with Gasteiger partial charge in [0.05, 0.1) is 19.8 Å². The van der Waals surface area contributed by atoms with E-state index in [9.17, 15) is 4.79 Å². The van der Waals surface area contributed by atoms with Gasteiger partial charge in [-0.2, -0.15) is 0 Å². The lowest BCUT2D eigenvalue weighted by molar-refractivity contribution is -0.147. The number of carbonyl (C=O) groups is 1. The average molecular weight is 358 g/mol. The van der Waals surface area contributed by atoms with Crippen molar-refractivity contribution in [3.8, 4) is 0 Å². The van der Waals surface area contributed by atoms with Crippen molar-refractivity contribution in [1.29, 1.82) is 0 Å². The molecule has 1 aliphatic rings. The molecule has 6 atom stereocenters. The number of aliphatic hydroxyl groups excluding tert-OH is 10. The van der Waals surface area contributed by atoms with Gasteiger partial charge in [0.25, 0.3) is 0 Å². The first kappa shape index (κ1) is 22.5. The van der Waals surface area contributed by atoms with Crippen molar-refractivity contribution in [2.75, 3.05) is 19.8 Å². The number of hydrogen-bond donors (Lipinski definition) is 10. The summed E-state index contributed by atoms with van der Waals surface area (Å²) in [6.45, 7) is -2.12. The number of rotatable bonds is 7. The highest BCUT2D eigenvalue weighted by Gasteiger charge is 2.38. The van der Waals surface area contributed by atoms with Gasteiger partial charge in [-0.05, 0) is 0 Å². The highest BCUT2D eigenvalue weighted by molar-refractivity contribution is 5.89. The molecule has 0 aromatic carbocycles. The molecule has 142 valence electrons. The predicted octanol–water partition coefficient (Wildman–Crippen LogP) is -4.99. The van der Waals surface area contributed by atoms with Crippen LogP contribution in [0, 0.1) is 0 Å². The van der Waals surface area contributed by atoms with Crippen LogP contribution in [0.2, 0.25) is 0 Å². The molecule has 1 aliphatic heterocycles. The molecular formula is C12H22O12. The van der Waals surface area contributed by atoms with Crippen molar-refractivity contribution in [1.82, 2.24) is 0 Å². The van der Waals surface area contributed by atoms with Crippen LogP contribution in [0.3, 0.4) is 0 Å². The molecule has 1 heterocycles. The summed E-state index contributed by atoms with van der Waals surface area (Å²) in [7, 11) is 0. The summed E-state index contributed by atoms with van der Waals surface area (Å²) in [5, 5.41) is 87.2. The first-order valence-corrected chi connectivity index (χ1v) is 6.68. The Bertz CT molecular complexity index is 410. The lowest BCUT2D eigenvalue weighted by Gasteiger charge is -2.24. The van der Waals surface area contributed by atoms with Crippen molar-refractivity contribution < 1.29 is 60.6 Å². The minimum atomic E-state index is -1.67. The summed E-state index contributed by atoms with van der Waals surface area (Å²) in [5.41, 5.74) is 0. The molecule has 0 amide bonds. The number of aliphatic hydroxyl groups is 10. The zero-order chi connectivity index (χ0) is 19.0. The fraction of sp³-hybridized carbons (Fsp3) is 0.750. The van der Waals surface area contributed by atoms with E-state index in [2.05, 4.69) is 4.74 Å². The number of carbonyl (C=O) groups excluding carboxylic acids is 1. The predicted molar refractivity (Wildman–Crippen MR) is 73.5 cm³/mol. The Labute approximate surface area is 135 Å². The molecule has 0 aromatic rings. The zero-order valence-corrected chi connectivity index (χ0v) is 12.4. The van der Waals surface area contributed by atoms with Crippen molar-refractivity contribution in [2.24, 2.45) is 0 Å². The maximum absolute atomic E-state index is 10.5. The molecule has 0 aromatic heterocycles. The van der Waals surface area contributed by atoms with Crippen LogP contribution in [0.15, 0.2) is 11.5 Å². The Hall–Kier alpha value is -1.51. The van der Waals surface area contributed by atoms with E-state index in [0.29, 0.717) is 0 Å². The second kappa shape index (κ2) is 10.4. The minimum Gasteiger partial charge on any atom is -0.505 e. The van der Waals surface area contributed by atoms with E-state index in [0.717, 1.165) is 0 Å². The van der Waals surface area contributed by atoms with Crippen LogP contribution >= 0.6 is 0 Å². The molecular weight excluding hydrogens is 336 g/mol. The van der Waals surface area contributed by atoms with E-state index < -0.39 is 73.9 Å². The van der Waals surface area contributed by atoms with E-state index >= 15 is 0 Å².